The number of carbonyl (C=O) groups excluding carboxylic acids is 2. The summed E-state index contributed by atoms with van der Waals surface area (Å²) in [5.74, 6) is -3.57. The SMILES string of the molecule is Cn1c(Nc2cc(CNC(=O)c3sccc3Cl)ccc2C(F)(F)F)nc2cc(C(=O)NC3CCC(C(F)(F)F)CC3)c(OCC(F)F)nc21. The fourth-order valence-electron chi connectivity index (χ4n) is 5.34. The number of benzene rings is 1. The van der Waals surface area contributed by atoms with Gasteiger partial charge in [0.1, 0.15) is 16.0 Å². The standard InChI is InChI=1S/C30H27ClF8N6O3S/c1-45-24-21(11-17(27(44-24)48-13-22(32)33)25(46)41-16-5-3-15(4-6-16)29(34,35)36)43-28(45)42-20-10-14(2-7-18(20)30(37,38)39)12-40-26(47)23-19(31)8-9-49-23/h2,7-11,15-16,22H,3-6,12-13H2,1H3,(H,40,47)(H,41,46)(H,42,43). The number of amides is 2. The van der Waals surface area contributed by atoms with Crippen LogP contribution in [0.25, 0.3) is 11.2 Å². The minimum Gasteiger partial charge on any atom is -0.471 e. The summed E-state index contributed by atoms with van der Waals surface area (Å²) in [4.78, 5) is 34.4. The Labute approximate surface area is 282 Å². The lowest BCUT2D eigenvalue weighted by Crippen LogP contribution is -2.40. The molecule has 49 heavy (non-hydrogen) atoms. The minimum atomic E-state index is -4.81. The maximum atomic E-state index is 14.0. The van der Waals surface area contributed by atoms with Crippen LogP contribution in [0, 0.1) is 5.92 Å². The van der Waals surface area contributed by atoms with Crippen LogP contribution in [0.15, 0.2) is 35.7 Å². The van der Waals surface area contributed by atoms with Crippen molar-refractivity contribution in [2.75, 3.05) is 11.9 Å². The van der Waals surface area contributed by atoms with Gasteiger partial charge in [0.15, 0.2) is 12.3 Å². The lowest BCUT2D eigenvalue weighted by Gasteiger charge is -2.30. The number of rotatable bonds is 10. The number of halogens is 9. The third-order valence-corrected chi connectivity index (χ3v) is 9.18. The van der Waals surface area contributed by atoms with Crippen LogP contribution in [0.5, 0.6) is 5.88 Å². The first-order valence-corrected chi connectivity index (χ1v) is 15.9. The van der Waals surface area contributed by atoms with Crippen molar-refractivity contribution in [3.63, 3.8) is 0 Å². The Bertz CT molecular complexity index is 1840. The van der Waals surface area contributed by atoms with Crippen LogP contribution in [0.1, 0.15) is 56.8 Å². The van der Waals surface area contributed by atoms with Gasteiger partial charge in [0.2, 0.25) is 11.8 Å². The number of nitrogens with zero attached hydrogens (tertiary/aromatic N) is 3. The van der Waals surface area contributed by atoms with Crippen LogP contribution in [0.2, 0.25) is 5.02 Å². The Balaban J connectivity index is 1.42. The quantitative estimate of drug-likeness (QED) is 0.143. The molecule has 0 bridgehead atoms. The van der Waals surface area contributed by atoms with Gasteiger partial charge < -0.3 is 20.7 Å². The van der Waals surface area contributed by atoms with Crippen molar-refractivity contribution in [1.82, 2.24) is 25.2 Å². The third kappa shape index (κ3) is 8.52. The molecule has 0 radical (unpaired) electrons. The van der Waals surface area contributed by atoms with E-state index < -0.39 is 66.3 Å². The van der Waals surface area contributed by atoms with Gasteiger partial charge in [0.05, 0.1) is 22.2 Å². The van der Waals surface area contributed by atoms with Gasteiger partial charge in [-0.3, -0.25) is 14.2 Å². The summed E-state index contributed by atoms with van der Waals surface area (Å²) in [5.41, 5.74) is -1.61. The van der Waals surface area contributed by atoms with Gasteiger partial charge in [-0.2, -0.15) is 31.3 Å². The Morgan fingerprint density at radius 3 is 2.37 bits per heavy atom. The molecule has 0 unspecified atom stereocenters. The number of nitrogens with one attached hydrogen (secondary N) is 3. The van der Waals surface area contributed by atoms with Gasteiger partial charge >= 0.3 is 12.4 Å². The van der Waals surface area contributed by atoms with Crippen molar-refractivity contribution in [2.24, 2.45) is 13.0 Å². The number of hydrogen-bond acceptors (Lipinski definition) is 7. The molecule has 1 aliphatic rings. The van der Waals surface area contributed by atoms with Crippen molar-refractivity contribution < 1.29 is 49.4 Å². The molecule has 0 saturated heterocycles. The minimum absolute atomic E-state index is 0.0230. The molecule has 3 heterocycles. The normalized spacial score (nSPS) is 17.0. The van der Waals surface area contributed by atoms with E-state index in [0.717, 1.165) is 29.5 Å². The number of ether oxygens (including phenoxy) is 1. The number of anilines is 2. The average Bonchev–Trinajstić information content (AvgIpc) is 3.59. The van der Waals surface area contributed by atoms with Gasteiger partial charge in [-0.05, 0) is 60.9 Å². The molecule has 4 aromatic rings. The van der Waals surface area contributed by atoms with E-state index in [1.165, 1.54) is 23.7 Å². The van der Waals surface area contributed by atoms with Crippen LogP contribution in [-0.2, 0) is 19.8 Å². The number of imidazole rings is 1. The van der Waals surface area contributed by atoms with Crippen LogP contribution < -0.4 is 20.7 Å². The molecule has 3 N–H and O–H groups in total. The Morgan fingerprint density at radius 1 is 1.04 bits per heavy atom. The van der Waals surface area contributed by atoms with Crippen LogP contribution in [0.3, 0.4) is 0 Å². The lowest BCUT2D eigenvalue weighted by atomic mass is 9.85. The summed E-state index contributed by atoms with van der Waals surface area (Å²) >= 11 is 7.08. The number of hydrogen-bond donors (Lipinski definition) is 3. The second-order valence-corrected chi connectivity index (χ2v) is 12.6. The van der Waals surface area contributed by atoms with E-state index in [4.69, 9.17) is 16.3 Å². The fraction of sp³-hybridized carbons (Fsp3) is 0.400. The lowest BCUT2D eigenvalue weighted by molar-refractivity contribution is -0.182. The predicted molar refractivity (Wildman–Crippen MR) is 165 cm³/mol. The number of fused-ring (bicyclic) bond motifs is 1. The summed E-state index contributed by atoms with van der Waals surface area (Å²) in [5, 5.41) is 9.64. The summed E-state index contributed by atoms with van der Waals surface area (Å²) in [6.45, 7) is -1.29. The van der Waals surface area contributed by atoms with Crippen LogP contribution >= 0.6 is 22.9 Å². The Hall–Kier alpha value is -4.19. The van der Waals surface area contributed by atoms with Gasteiger partial charge in [-0.25, -0.2) is 13.8 Å². The van der Waals surface area contributed by atoms with E-state index in [9.17, 15) is 44.7 Å². The highest BCUT2D eigenvalue weighted by Crippen LogP contribution is 2.39. The number of alkyl halides is 8. The predicted octanol–water partition coefficient (Wildman–Crippen LogP) is 7.87. The zero-order valence-corrected chi connectivity index (χ0v) is 26.9. The zero-order chi connectivity index (χ0) is 35.7. The third-order valence-electron chi connectivity index (χ3n) is 7.84. The molecule has 2 amide bonds. The van der Waals surface area contributed by atoms with Gasteiger partial charge in [0, 0.05) is 19.6 Å². The van der Waals surface area contributed by atoms with Crippen molar-refractivity contribution in [1.29, 1.82) is 0 Å². The summed E-state index contributed by atoms with van der Waals surface area (Å²) in [6, 6.07) is 5.22. The monoisotopic (exact) mass is 738 g/mol. The Morgan fingerprint density at radius 2 is 1.76 bits per heavy atom. The highest BCUT2D eigenvalue weighted by molar-refractivity contribution is 7.12. The summed E-state index contributed by atoms with van der Waals surface area (Å²) < 4.78 is 114. The first kappa shape index (κ1) is 36.1. The van der Waals surface area contributed by atoms with Crippen LogP contribution in [0.4, 0.5) is 46.8 Å². The molecule has 0 atom stereocenters. The Kier molecular flexibility index (Phi) is 10.6. The molecule has 1 saturated carbocycles. The van der Waals surface area contributed by atoms with Crippen molar-refractivity contribution in [3.8, 4) is 5.88 Å². The van der Waals surface area contributed by atoms with E-state index in [1.807, 2.05) is 0 Å². The highest BCUT2D eigenvalue weighted by atomic mass is 35.5. The molecule has 1 fully saturated rings. The molecule has 0 spiro atoms. The topological polar surface area (TPSA) is 110 Å². The second kappa shape index (κ2) is 14.3. The molecule has 0 aliphatic heterocycles. The number of pyridine rings is 1. The first-order chi connectivity index (χ1) is 23.0. The van der Waals surface area contributed by atoms with Crippen molar-refractivity contribution in [3.05, 3.63) is 62.3 Å². The summed E-state index contributed by atoms with van der Waals surface area (Å²) in [6.07, 6.45) is -12.5. The molecular weight excluding hydrogens is 712 g/mol. The molecule has 9 nitrogen and oxygen atoms in total. The molecule has 264 valence electrons. The van der Waals surface area contributed by atoms with E-state index in [2.05, 4.69) is 25.9 Å². The number of aromatic nitrogens is 3. The summed E-state index contributed by atoms with van der Waals surface area (Å²) in [7, 11) is 1.38. The maximum Gasteiger partial charge on any atom is 0.418 e. The van der Waals surface area contributed by atoms with E-state index in [0.29, 0.717) is 5.56 Å². The van der Waals surface area contributed by atoms with Gasteiger partial charge in [-0.1, -0.05) is 17.7 Å². The number of aryl methyl sites for hydroxylation is 1. The molecule has 19 heteroatoms. The van der Waals surface area contributed by atoms with E-state index in [-0.39, 0.29) is 64.8 Å². The molecular formula is C30H27ClF8N6O3S. The largest absolute Gasteiger partial charge is 0.471 e. The number of carbonyl (C=O) groups is 2. The number of thiophene rings is 1. The second-order valence-electron chi connectivity index (χ2n) is 11.2. The van der Waals surface area contributed by atoms with Crippen molar-refractivity contribution in [2.45, 2.75) is 57.0 Å². The van der Waals surface area contributed by atoms with Crippen molar-refractivity contribution >= 4 is 57.6 Å². The van der Waals surface area contributed by atoms with E-state index in [1.54, 1.807) is 5.38 Å². The smallest absolute Gasteiger partial charge is 0.418 e. The fourth-order valence-corrected chi connectivity index (χ4v) is 6.40. The van der Waals surface area contributed by atoms with Crippen LogP contribution in [-0.4, -0.2) is 51.6 Å². The molecule has 1 aliphatic carbocycles. The van der Waals surface area contributed by atoms with Gasteiger partial charge in [-0.15, -0.1) is 11.3 Å². The van der Waals surface area contributed by atoms with Gasteiger partial charge in [0.25, 0.3) is 18.2 Å². The maximum absolute atomic E-state index is 14.0. The highest BCUT2D eigenvalue weighted by Gasteiger charge is 2.41. The average molecular weight is 739 g/mol. The molecule has 1 aromatic carbocycles. The zero-order valence-electron chi connectivity index (χ0n) is 25.3. The molecule has 3 aromatic heterocycles. The van der Waals surface area contributed by atoms with E-state index >= 15 is 0 Å². The first-order valence-electron chi connectivity index (χ1n) is 14.7. The molecule has 5 rings (SSSR count).